The Morgan fingerprint density at radius 3 is 2.69 bits per heavy atom. The smallest absolute Gasteiger partial charge is 0.266 e. The van der Waals surface area contributed by atoms with Gasteiger partial charge in [-0.05, 0) is 48.9 Å². The summed E-state index contributed by atoms with van der Waals surface area (Å²) in [7, 11) is 0. The van der Waals surface area contributed by atoms with Gasteiger partial charge in [-0.1, -0.05) is 55.0 Å². The molecule has 1 aliphatic rings. The summed E-state index contributed by atoms with van der Waals surface area (Å²) in [4.78, 5) is 32.5. The largest absolute Gasteiger partial charge is 0.321 e. The Bertz CT molecular complexity index is 1360. The Kier molecular flexibility index (Phi) is 5.62. The number of nitrogens with one attached hydrogen (secondary N) is 1. The van der Waals surface area contributed by atoms with Crippen LogP contribution in [0.4, 0.5) is 5.69 Å². The third-order valence-corrected chi connectivity index (χ3v) is 7.31. The van der Waals surface area contributed by atoms with Gasteiger partial charge in [-0.2, -0.15) is 0 Å². The van der Waals surface area contributed by atoms with Crippen LogP contribution in [0.3, 0.4) is 0 Å². The lowest BCUT2D eigenvalue weighted by molar-refractivity contribution is 0.103. The van der Waals surface area contributed by atoms with Crippen LogP contribution in [-0.4, -0.2) is 15.5 Å². The van der Waals surface area contributed by atoms with Crippen LogP contribution in [0.15, 0.2) is 59.4 Å². The number of carbonyl (C=O) groups is 1. The van der Waals surface area contributed by atoms with Crippen molar-refractivity contribution in [2.45, 2.75) is 45.6 Å². The van der Waals surface area contributed by atoms with Crippen LogP contribution < -0.4 is 10.9 Å². The number of para-hydroxylation sites is 1. The van der Waals surface area contributed by atoms with Crippen LogP contribution in [0.1, 0.15) is 51.4 Å². The van der Waals surface area contributed by atoms with E-state index < -0.39 is 0 Å². The Labute approximate surface area is 190 Å². The Morgan fingerprint density at radius 2 is 1.84 bits per heavy atom. The highest BCUT2D eigenvalue weighted by Crippen LogP contribution is 2.30. The van der Waals surface area contributed by atoms with Crippen LogP contribution in [0.2, 0.25) is 0 Å². The van der Waals surface area contributed by atoms with E-state index in [9.17, 15) is 9.59 Å². The highest BCUT2D eigenvalue weighted by Gasteiger charge is 2.22. The van der Waals surface area contributed by atoms with Gasteiger partial charge in [-0.25, -0.2) is 4.98 Å². The van der Waals surface area contributed by atoms with Crippen molar-refractivity contribution >= 4 is 33.1 Å². The fourth-order valence-electron chi connectivity index (χ4n) is 4.42. The van der Waals surface area contributed by atoms with Crippen LogP contribution in [0, 0.1) is 6.92 Å². The number of amides is 1. The molecule has 0 saturated carbocycles. The van der Waals surface area contributed by atoms with Crippen molar-refractivity contribution in [1.29, 1.82) is 0 Å². The van der Waals surface area contributed by atoms with Gasteiger partial charge in [0, 0.05) is 18.7 Å². The number of anilines is 1. The molecule has 0 unspecified atom stereocenters. The second kappa shape index (κ2) is 8.71. The standard InChI is InChI=1S/C26H25N3O2S/c1-17-22-25(28-21-14-6-3-9-15-29(21)26(22)31)32-23(17)24(30)27-20-13-8-7-12-19(20)16-18-10-4-2-5-11-18/h2,4-5,7-8,10-13H,3,6,9,14-16H2,1H3,(H,27,30). The number of nitrogens with zero attached hydrogens (tertiary/aromatic N) is 2. The molecule has 4 aromatic rings. The van der Waals surface area contributed by atoms with Gasteiger partial charge in [-0.15, -0.1) is 11.3 Å². The lowest BCUT2D eigenvalue weighted by atomic mass is 10.0. The molecule has 1 N–H and O–H groups in total. The molecule has 0 radical (unpaired) electrons. The lowest BCUT2D eigenvalue weighted by Crippen LogP contribution is -2.24. The molecule has 32 heavy (non-hydrogen) atoms. The van der Waals surface area contributed by atoms with Crippen LogP contribution >= 0.6 is 11.3 Å². The van der Waals surface area contributed by atoms with E-state index in [-0.39, 0.29) is 11.5 Å². The fraction of sp³-hybridized carbons (Fsp3) is 0.269. The number of fused-ring (bicyclic) bond motifs is 2. The Balaban J connectivity index is 1.48. The average Bonchev–Trinajstić information content (AvgIpc) is 2.96. The highest BCUT2D eigenvalue weighted by molar-refractivity contribution is 7.20. The molecule has 0 bridgehead atoms. The van der Waals surface area contributed by atoms with Crippen molar-refractivity contribution < 1.29 is 4.79 Å². The maximum atomic E-state index is 13.3. The SMILES string of the molecule is Cc1c(C(=O)Nc2ccccc2Cc2ccccc2)sc2nc3n(c(=O)c12)CCCCC3. The maximum Gasteiger partial charge on any atom is 0.266 e. The summed E-state index contributed by atoms with van der Waals surface area (Å²) in [5, 5.41) is 3.67. The van der Waals surface area contributed by atoms with E-state index in [2.05, 4.69) is 17.4 Å². The minimum atomic E-state index is -0.189. The quantitative estimate of drug-likeness (QED) is 0.463. The third-order valence-electron chi connectivity index (χ3n) is 6.12. The van der Waals surface area contributed by atoms with E-state index in [1.807, 2.05) is 54.0 Å². The second-order valence-corrected chi connectivity index (χ2v) is 9.30. The number of aromatic nitrogens is 2. The van der Waals surface area contributed by atoms with Gasteiger partial charge < -0.3 is 5.32 Å². The minimum Gasteiger partial charge on any atom is -0.321 e. The van der Waals surface area contributed by atoms with Gasteiger partial charge in [0.25, 0.3) is 11.5 Å². The molecule has 0 fully saturated rings. The predicted octanol–water partition coefficient (Wildman–Crippen LogP) is 5.34. The fourth-order valence-corrected chi connectivity index (χ4v) is 5.50. The summed E-state index contributed by atoms with van der Waals surface area (Å²) < 4.78 is 1.81. The number of rotatable bonds is 4. The molecular formula is C26H25N3O2S. The van der Waals surface area contributed by atoms with Crippen LogP contribution in [0.5, 0.6) is 0 Å². The first kappa shape index (κ1) is 20.6. The van der Waals surface area contributed by atoms with Gasteiger partial charge in [0.15, 0.2) is 0 Å². The van der Waals surface area contributed by atoms with Crippen molar-refractivity contribution in [1.82, 2.24) is 9.55 Å². The van der Waals surface area contributed by atoms with Crippen molar-refractivity contribution in [2.75, 3.05) is 5.32 Å². The molecule has 6 heteroatoms. The lowest BCUT2D eigenvalue weighted by Gasteiger charge is -2.11. The molecule has 5 rings (SSSR count). The van der Waals surface area contributed by atoms with E-state index in [0.717, 1.165) is 54.7 Å². The minimum absolute atomic E-state index is 0.0100. The van der Waals surface area contributed by atoms with Crippen LogP contribution in [0.25, 0.3) is 10.2 Å². The normalized spacial score (nSPS) is 13.5. The molecule has 162 valence electrons. The zero-order chi connectivity index (χ0) is 22.1. The number of thiophene rings is 1. The van der Waals surface area contributed by atoms with E-state index in [0.29, 0.717) is 21.6 Å². The number of benzene rings is 2. The van der Waals surface area contributed by atoms with Gasteiger partial charge >= 0.3 is 0 Å². The maximum absolute atomic E-state index is 13.3. The zero-order valence-electron chi connectivity index (χ0n) is 18.1. The van der Waals surface area contributed by atoms with Gasteiger partial charge in [-0.3, -0.25) is 14.2 Å². The zero-order valence-corrected chi connectivity index (χ0v) is 18.9. The average molecular weight is 444 g/mol. The van der Waals surface area contributed by atoms with E-state index >= 15 is 0 Å². The highest BCUT2D eigenvalue weighted by atomic mass is 32.1. The molecule has 5 nitrogen and oxygen atoms in total. The number of aryl methyl sites for hydroxylation is 2. The van der Waals surface area contributed by atoms with Gasteiger partial charge in [0.1, 0.15) is 10.7 Å². The van der Waals surface area contributed by atoms with Crippen molar-refractivity contribution in [3.05, 3.63) is 92.3 Å². The van der Waals surface area contributed by atoms with Crippen molar-refractivity contribution in [2.24, 2.45) is 0 Å². The molecular weight excluding hydrogens is 418 g/mol. The van der Waals surface area contributed by atoms with E-state index in [4.69, 9.17) is 4.98 Å². The van der Waals surface area contributed by atoms with Gasteiger partial charge in [0.05, 0.1) is 10.3 Å². The first-order valence-corrected chi connectivity index (χ1v) is 11.9. The topological polar surface area (TPSA) is 64.0 Å². The second-order valence-electron chi connectivity index (χ2n) is 8.31. The number of carbonyl (C=O) groups excluding carboxylic acids is 1. The number of hydrogen-bond donors (Lipinski definition) is 1. The van der Waals surface area contributed by atoms with Crippen molar-refractivity contribution in [3.8, 4) is 0 Å². The molecule has 1 aliphatic heterocycles. The third kappa shape index (κ3) is 3.86. The molecule has 0 aliphatic carbocycles. The number of hydrogen-bond acceptors (Lipinski definition) is 4. The molecule has 2 aromatic carbocycles. The van der Waals surface area contributed by atoms with Crippen molar-refractivity contribution in [3.63, 3.8) is 0 Å². The first-order chi connectivity index (χ1) is 15.6. The molecule has 3 heterocycles. The molecule has 0 atom stereocenters. The summed E-state index contributed by atoms with van der Waals surface area (Å²) in [5.41, 5.74) is 3.74. The first-order valence-electron chi connectivity index (χ1n) is 11.1. The Hall–Kier alpha value is -3.25. The van der Waals surface area contributed by atoms with E-state index in [1.165, 1.54) is 16.9 Å². The summed E-state index contributed by atoms with van der Waals surface area (Å²) >= 11 is 1.32. The van der Waals surface area contributed by atoms with Gasteiger partial charge in [0.2, 0.25) is 0 Å². The summed E-state index contributed by atoms with van der Waals surface area (Å²) in [6.07, 6.45) is 4.71. The van der Waals surface area contributed by atoms with E-state index in [1.54, 1.807) is 0 Å². The predicted molar refractivity (Wildman–Crippen MR) is 130 cm³/mol. The monoisotopic (exact) mass is 443 g/mol. The summed E-state index contributed by atoms with van der Waals surface area (Å²) in [6, 6.07) is 18.1. The molecule has 2 aromatic heterocycles. The Morgan fingerprint density at radius 1 is 1.06 bits per heavy atom. The summed E-state index contributed by atoms with van der Waals surface area (Å²) in [6.45, 7) is 2.57. The van der Waals surface area contributed by atoms with Crippen LogP contribution in [-0.2, 0) is 19.4 Å². The summed E-state index contributed by atoms with van der Waals surface area (Å²) in [5.74, 6) is 0.659. The molecule has 1 amide bonds. The molecule has 0 spiro atoms. The molecule has 0 saturated heterocycles.